The molecule has 0 heterocycles. The van der Waals surface area contributed by atoms with Crippen LogP contribution < -0.4 is 0 Å². The third-order valence-corrected chi connectivity index (χ3v) is 2.93. The summed E-state index contributed by atoms with van der Waals surface area (Å²) in [5, 5.41) is 18.8. The average Bonchev–Trinajstić information content (AvgIpc) is 2.34. The first-order valence-electron chi connectivity index (χ1n) is 5.26. The number of allylic oxidation sites excluding steroid dienone is 2. The normalized spacial score (nSPS) is 28.3. The van der Waals surface area contributed by atoms with Crippen LogP contribution in [-0.2, 0) is 0 Å². The lowest BCUT2D eigenvalue weighted by Crippen LogP contribution is -2.32. The van der Waals surface area contributed by atoms with Gasteiger partial charge in [-0.2, -0.15) is 5.26 Å². The van der Waals surface area contributed by atoms with Crippen LogP contribution in [0.3, 0.4) is 0 Å². The van der Waals surface area contributed by atoms with Gasteiger partial charge in [-0.15, -0.1) is 0 Å². The van der Waals surface area contributed by atoms with Crippen molar-refractivity contribution in [1.82, 2.24) is 0 Å². The lowest BCUT2D eigenvalue weighted by Gasteiger charge is -2.25. The van der Waals surface area contributed by atoms with E-state index in [2.05, 4.69) is 0 Å². The Morgan fingerprint density at radius 1 is 1.31 bits per heavy atom. The van der Waals surface area contributed by atoms with Crippen LogP contribution in [0.15, 0.2) is 48.6 Å². The van der Waals surface area contributed by atoms with Crippen molar-refractivity contribution in [2.45, 2.75) is 12.5 Å². The number of aliphatic hydroxyl groups is 1. The van der Waals surface area contributed by atoms with E-state index < -0.39 is 5.60 Å². The quantitative estimate of drug-likeness (QED) is 0.725. The highest BCUT2D eigenvalue weighted by Gasteiger charge is 2.32. The molecule has 2 atom stereocenters. The summed E-state index contributed by atoms with van der Waals surface area (Å²) in [5.74, 6) is -0.197. The van der Waals surface area contributed by atoms with Gasteiger partial charge in [-0.1, -0.05) is 49.4 Å². The molecule has 0 radical (unpaired) electrons. The summed E-state index contributed by atoms with van der Waals surface area (Å²) in [7, 11) is 0. The number of nitriles is 1. The Balaban J connectivity index is 2.34. The molecule has 2 heteroatoms. The van der Waals surface area contributed by atoms with Gasteiger partial charge in [0.2, 0.25) is 0 Å². The SMILES string of the molecule is CC1C=C(c2ccccc2)C=CC1(O)C#N. The standard InChI is InChI=1S/C14H13NO/c1-11-9-13(7-8-14(11,16)10-15)12-5-3-2-4-6-12/h2-9,11,16H,1H3. The molecule has 2 nitrogen and oxygen atoms in total. The van der Waals surface area contributed by atoms with Gasteiger partial charge in [-0.3, -0.25) is 0 Å². The average molecular weight is 211 g/mol. The molecular weight excluding hydrogens is 198 g/mol. The fourth-order valence-electron chi connectivity index (χ4n) is 1.78. The molecule has 0 aromatic heterocycles. The van der Waals surface area contributed by atoms with E-state index in [0.29, 0.717) is 0 Å². The van der Waals surface area contributed by atoms with Crippen molar-refractivity contribution in [3.8, 4) is 6.07 Å². The van der Waals surface area contributed by atoms with Crippen LogP contribution in [0.4, 0.5) is 0 Å². The minimum absolute atomic E-state index is 0.197. The highest BCUT2D eigenvalue weighted by molar-refractivity contribution is 5.76. The molecule has 1 aromatic carbocycles. The van der Waals surface area contributed by atoms with Crippen LogP contribution in [0.1, 0.15) is 12.5 Å². The Morgan fingerprint density at radius 2 is 2.00 bits per heavy atom. The third-order valence-electron chi connectivity index (χ3n) is 2.93. The summed E-state index contributed by atoms with van der Waals surface area (Å²) in [6.07, 6.45) is 5.30. The van der Waals surface area contributed by atoms with Gasteiger partial charge in [0.15, 0.2) is 5.60 Å². The summed E-state index contributed by atoms with van der Waals surface area (Å²) in [5.41, 5.74) is 0.789. The molecule has 2 rings (SSSR count). The van der Waals surface area contributed by atoms with Crippen molar-refractivity contribution in [1.29, 1.82) is 5.26 Å². The van der Waals surface area contributed by atoms with E-state index in [4.69, 9.17) is 5.26 Å². The maximum absolute atomic E-state index is 9.92. The molecule has 0 amide bonds. The zero-order valence-corrected chi connectivity index (χ0v) is 9.09. The molecule has 16 heavy (non-hydrogen) atoms. The molecule has 1 aromatic rings. The van der Waals surface area contributed by atoms with Crippen LogP contribution >= 0.6 is 0 Å². The second-order valence-corrected chi connectivity index (χ2v) is 4.05. The van der Waals surface area contributed by atoms with Gasteiger partial charge >= 0.3 is 0 Å². The largest absolute Gasteiger partial charge is 0.371 e. The summed E-state index contributed by atoms with van der Waals surface area (Å²) in [4.78, 5) is 0. The number of benzene rings is 1. The molecule has 80 valence electrons. The minimum atomic E-state index is -1.36. The Labute approximate surface area is 95.2 Å². The first-order valence-corrected chi connectivity index (χ1v) is 5.26. The van der Waals surface area contributed by atoms with E-state index in [9.17, 15) is 5.11 Å². The number of nitrogens with zero attached hydrogens (tertiary/aromatic N) is 1. The fraction of sp³-hybridized carbons (Fsp3) is 0.214. The molecule has 0 spiro atoms. The second kappa shape index (κ2) is 3.96. The summed E-state index contributed by atoms with van der Waals surface area (Å²) in [6.45, 7) is 1.84. The van der Waals surface area contributed by atoms with Crippen LogP contribution in [0.5, 0.6) is 0 Å². The molecule has 0 saturated heterocycles. The van der Waals surface area contributed by atoms with Crippen molar-refractivity contribution in [3.05, 3.63) is 54.1 Å². The molecule has 2 unspecified atom stereocenters. The van der Waals surface area contributed by atoms with Crippen LogP contribution in [0.25, 0.3) is 5.57 Å². The first kappa shape index (κ1) is 10.7. The molecule has 1 N–H and O–H groups in total. The van der Waals surface area contributed by atoms with E-state index in [1.807, 2.05) is 49.4 Å². The van der Waals surface area contributed by atoms with Crippen molar-refractivity contribution in [3.63, 3.8) is 0 Å². The van der Waals surface area contributed by atoms with Crippen LogP contribution in [0.2, 0.25) is 0 Å². The third kappa shape index (κ3) is 1.78. The lowest BCUT2D eigenvalue weighted by atomic mass is 9.82. The van der Waals surface area contributed by atoms with Gasteiger partial charge in [0.1, 0.15) is 6.07 Å². The predicted octanol–water partition coefficient (Wildman–Crippen LogP) is 2.53. The van der Waals surface area contributed by atoms with Gasteiger partial charge in [-0.25, -0.2) is 0 Å². The lowest BCUT2D eigenvalue weighted by molar-refractivity contribution is 0.111. The minimum Gasteiger partial charge on any atom is -0.371 e. The van der Waals surface area contributed by atoms with E-state index >= 15 is 0 Å². The Hall–Kier alpha value is -1.85. The van der Waals surface area contributed by atoms with E-state index in [1.165, 1.54) is 0 Å². The monoisotopic (exact) mass is 211 g/mol. The van der Waals surface area contributed by atoms with Gasteiger partial charge in [0.25, 0.3) is 0 Å². The molecule has 1 aliphatic rings. The molecule has 0 fully saturated rings. The number of hydrogen-bond donors (Lipinski definition) is 1. The van der Waals surface area contributed by atoms with E-state index in [-0.39, 0.29) is 5.92 Å². The van der Waals surface area contributed by atoms with E-state index in [0.717, 1.165) is 11.1 Å². The maximum atomic E-state index is 9.92. The Bertz CT molecular complexity index is 481. The molecular formula is C14H13NO. The first-order chi connectivity index (χ1) is 7.65. The van der Waals surface area contributed by atoms with Crippen LogP contribution in [0, 0.1) is 17.2 Å². The van der Waals surface area contributed by atoms with Crippen molar-refractivity contribution in [2.24, 2.45) is 5.92 Å². The molecule has 0 aliphatic heterocycles. The zero-order valence-electron chi connectivity index (χ0n) is 9.09. The Kier molecular flexibility index (Phi) is 2.64. The highest BCUT2D eigenvalue weighted by Crippen LogP contribution is 2.30. The van der Waals surface area contributed by atoms with Crippen LogP contribution in [-0.4, -0.2) is 10.7 Å². The van der Waals surface area contributed by atoms with Gasteiger partial charge < -0.3 is 5.11 Å². The highest BCUT2D eigenvalue weighted by atomic mass is 16.3. The topological polar surface area (TPSA) is 44.0 Å². The predicted molar refractivity (Wildman–Crippen MR) is 63.3 cm³/mol. The molecule has 1 aliphatic carbocycles. The molecule has 0 bridgehead atoms. The number of rotatable bonds is 1. The maximum Gasteiger partial charge on any atom is 0.176 e. The van der Waals surface area contributed by atoms with E-state index in [1.54, 1.807) is 12.2 Å². The second-order valence-electron chi connectivity index (χ2n) is 4.05. The summed E-state index contributed by atoms with van der Waals surface area (Å²) in [6, 6.07) is 11.9. The van der Waals surface area contributed by atoms with Crippen molar-refractivity contribution < 1.29 is 5.11 Å². The fourth-order valence-corrected chi connectivity index (χ4v) is 1.78. The van der Waals surface area contributed by atoms with Gasteiger partial charge in [-0.05, 0) is 17.2 Å². The Morgan fingerprint density at radius 3 is 2.56 bits per heavy atom. The van der Waals surface area contributed by atoms with Gasteiger partial charge in [0, 0.05) is 5.92 Å². The smallest absolute Gasteiger partial charge is 0.176 e. The molecule has 0 saturated carbocycles. The van der Waals surface area contributed by atoms with Gasteiger partial charge in [0.05, 0.1) is 0 Å². The summed E-state index contributed by atoms with van der Waals surface area (Å²) >= 11 is 0. The number of hydrogen-bond acceptors (Lipinski definition) is 2. The summed E-state index contributed by atoms with van der Waals surface area (Å²) < 4.78 is 0. The van der Waals surface area contributed by atoms with Crippen molar-refractivity contribution >= 4 is 5.57 Å². The zero-order chi connectivity index (χ0) is 11.6. The van der Waals surface area contributed by atoms with Crippen molar-refractivity contribution in [2.75, 3.05) is 0 Å².